The molecular weight excluding hydrogens is 304 g/mol. The normalized spacial score (nSPS) is 11.4. The van der Waals surface area contributed by atoms with Crippen LogP contribution in [0.15, 0.2) is 36.3 Å². The molecule has 2 heterocycles. The second-order valence-electron chi connectivity index (χ2n) is 5.59. The molecule has 2 aromatic rings. The smallest absolute Gasteiger partial charge is 0.335 e. The van der Waals surface area contributed by atoms with Crippen molar-refractivity contribution in [2.75, 3.05) is 11.9 Å². The fourth-order valence-electron chi connectivity index (χ4n) is 2.35. The molecule has 0 saturated carbocycles. The van der Waals surface area contributed by atoms with Crippen molar-refractivity contribution in [1.82, 2.24) is 14.8 Å². The van der Waals surface area contributed by atoms with Crippen LogP contribution in [-0.4, -0.2) is 27.3 Å². The summed E-state index contributed by atoms with van der Waals surface area (Å²) in [7, 11) is 0. The Hall–Kier alpha value is -2.63. The van der Waals surface area contributed by atoms with Gasteiger partial charge in [-0.15, -0.1) is 0 Å². The van der Waals surface area contributed by atoms with E-state index in [1.165, 1.54) is 0 Å². The van der Waals surface area contributed by atoms with Gasteiger partial charge in [0.25, 0.3) is 0 Å². The van der Waals surface area contributed by atoms with Gasteiger partial charge in [-0.3, -0.25) is 4.98 Å². The summed E-state index contributed by atoms with van der Waals surface area (Å²) in [6.07, 6.45) is 5.95. The number of ether oxygens (including phenoxy) is 1. The SMILES string of the molecule is CCOC(=O)/C(=C\Nc1cc(C)nn1Cc1cncc(C)c1)CC. The lowest BCUT2D eigenvalue weighted by atomic mass is 10.2. The predicted molar refractivity (Wildman–Crippen MR) is 93.7 cm³/mol. The fourth-order valence-corrected chi connectivity index (χ4v) is 2.35. The minimum absolute atomic E-state index is 0.293. The van der Waals surface area contributed by atoms with E-state index in [0.29, 0.717) is 25.1 Å². The first kappa shape index (κ1) is 17.7. The highest BCUT2D eigenvalue weighted by molar-refractivity contribution is 5.88. The molecule has 0 aliphatic rings. The van der Waals surface area contributed by atoms with Gasteiger partial charge in [-0.05, 0) is 38.3 Å². The number of carbonyl (C=O) groups is 1. The first-order chi connectivity index (χ1) is 11.5. The summed E-state index contributed by atoms with van der Waals surface area (Å²) in [6, 6.07) is 4.03. The molecular formula is C18H24N4O2. The summed E-state index contributed by atoms with van der Waals surface area (Å²) in [5.41, 5.74) is 3.69. The number of hydrogen-bond acceptors (Lipinski definition) is 5. The van der Waals surface area contributed by atoms with E-state index < -0.39 is 0 Å². The minimum atomic E-state index is -0.293. The van der Waals surface area contributed by atoms with Gasteiger partial charge in [0.05, 0.1) is 24.4 Å². The van der Waals surface area contributed by atoms with Gasteiger partial charge in [0, 0.05) is 24.7 Å². The van der Waals surface area contributed by atoms with Crippen LogP contribution in [0, 0.1) is 13.8 Å². The predicted octanol–water partition coefficient (Wildman–Crippen LogP) is 3.21. The van der Waals surface area contributed by atoms with E-state index in [2.05, 4.69) is 21.5 Å². The highest BCUT2D eigenvalue weighted by atomic mass is 16.5. The van der Waals surface area contributed by atoms with E-state index in [4.69, 9.17) is 4.74 Å². The van der Waals surface area contributed by atoms with Crippen LogP contribution >= 0.6 is 0 Å². The monoisotopic (exact) mass is 328 g/mol. The number of pyridine rings is 1. The second kappa shape index (κ2) is 8.29. The van der Waals surface area contributed by atoms with Crippen LogP contribution in [0.5, 0.6) is 0 Å². The van der Waals surface area contributed by atoms with Crippen LogP contribution in [0.3, 0.4) is 0 Å². The third-order valence-corrected chi connectivity index (χ3v) is 3.48. The molecule has 0 saturated heterocycles. The van der Waals surface area contributed by atoms with Gasteiger partial charge < -0.3 is 10.1 Å². The van der Waals surface area contributed by atoms with Crippen LogP contribution in [0.4, 0.5) is 5.82 Å². The zero-order valence-corrected chi connectivity index (χ0v) is 14.7. The van der Waals surface area contributed by atoms with E-state index in [1.54, 1.807) is 13.1 Å². The molecule has 24 heavy (non-hydrogen) atoms. The van der Waals surface area contributed by atoms with Gasteiger partial charge >= 0.3 is 5.97 Å². The molecule has 0 radical (unpaired) electrons. The molecule has 0 aliphatic carbocycles. The molecule has 0 fully saturated rings. The topological polar surface area (TPSA) is 69.0 Å². The van der Waals surface area contributed by atoms with Crippen LogP contribution in [-0.2, 0) is 16.1 Å². The average Bonchev–Trinajstić information content (AvgIpc) is 2.88. The maximum absolute atomic E-state index is 11.9. The lowest BCUT2D eigenvalue weighted by Gasteiger charge is -2.09. The number of anilines is 1. The Morgan fingerprint density at radius 3 is 2.75 bits per heavy atom. The van der Waals surface area contributed by atoms with E-state index >= 15 is 0 Å². The first-order valence-corrected chi connectivity index (χ1v) is 8.11. The van der Waals surface area contributed by atoms with Crippen molar-refractivity contribution in [3.8, 4) is 0 Å². The van der Waals surface area contributed by atoms with E-state index in [0.717, 1.165) is 22.6 Å². The molecule has 0 aliphatic heterocycles. The zero-order valence-electron chi connectivity index (χ0n) is 14.7. The number of hydrogen-bond donors (Lipinski definition) is 1. The Kier molecular flexibility index (Phi) is 6.12. The van der Waals surface area contributed by atoms with Crippen LogP contribution in [0.2, 0.25) is 0 Å². The number of nitrogens with one attached hydrogen (secondary N) is 1. The Labute approximate surface area is 142 Å². The molecule has 0 atom stereocenters. The number of carbonyl (C=O) groups excluding carboxylic acids is 1. The summed E-state index contributed by atoms with van der Waals surface area (Å²) in [6.45, 7) is 8.65. The Morgan fingerprint density at radius 2 is 2.08 bits per heavy atom. The van der Waals surface area contributed by atoms with Gasteiger partial charge in [0.2, 0.25) is 0 Å². The number of rotatable bonds is 7. The lowest BCUT2D eigenvalue weighted by Crippen LogP contribution is -2.10. The zero-order chi connectivity index (χ0) is 17.5. The molecule has 0 amide bonds. The summed E-state index contributed by atoms with van der Waals surface area (Å²) in [5.74, 6) is 0.530. The van der Waals surface area contributed by atoms with Crippen molar-refractivity contribution in [2.45, 2.75) is 40.7 Å². The summed E-state index contributed by atoms with van der Waals surface area (Å²) < 4.78 is 6.91. The van der Waals surface area contributed by atoms with Crippen molar-refractivity contribution in [1.29, 1.82) is 0 Å². The molecule has 0 bridgehead atoms. The first-order valence-electron chi connectivity index (χ1n) is 8.11. The summed E-state index contributed by atoms with van der Waals surface area (Å²) >= 11 is 0. The molecule has 128 valence electrons. The Bertz CT molecular complexity index is 734. The van der Waals surface area contributed by atoms with Gasteiger partial charge in [0.15, 0.2) is 0 Å². The van der Waals surface area contributed by atoms with Crippen molar-refractivity contribution < 1.29 is 9.53 Å². The third kappa shape index (κ3) is 4.68. The molecule has 6 heteroatoms. The molecule has 0 unspecified atom stereocenters. The highest BCUT2D eigenvalue weighted by Crippen LogP contribution is 2.14. The molecule has 1 N–H and O–H groups in total. The largest absolute Gasteiger partial charge is 0.463 e. The number of esters is 1. The molecule has 6 nitrogen and oxygen atoms in total. The van der Waals surface area contributed by atoms with E-state index in [1.807, 2.05) is 43.9 Å². The second-order valence-corrected chi connectivity index (χ2v) is 5.59. The summed E-state index contributed by atoms with van der Waals surface area (Å²) in [4.78, 5) is 16.1. The molecule has 2 aromatic heterocycles. The van der Waals surface area contributed by atoms with Crippen LogP contribution < -0.4 is 5.32 Å². The minimum Gasteiger partial charge on any atom is -0.463 e. The highest BCUT2D eigenvalue weighted by Gasteiger charge is 2.10. The standard InChI is InChI=1S/C18H24N4O2/c1-5-16(18(23)24-6-2)11-20-17-8-14(4)21-22(17)12-15-7-13(3)9-19-10-15/h7-11,20H,5-6,12H2,1-4H3/b16-11-. The quantitative estimate of drug-likeness (QED) is 0.624. The molecule has 0 spiro atoms. The summed E-state index contributed by atoms with van der Waals surface area (Å²) in [5, 5.41) is 7.68. The molecule has 2 rings (SSSR count). The van der Waals surface area contributed by atoms with Gasteiger partial charge in [0.1, 0.15) is 5.82 Å². The maximum atomic E-state index is 11.9. The van der Waals surface area contributed by atoms with Gasteiger partial charge in [-0.1, -0.05) is 13.0 Å². The van der Waals surface area contributed by atoms with Crippen molar-refractivity contribution in [2.24, 2.45) is 0 Å². The van der Waals surface area contributed by atoms with E-state index in [-0.39, 0.29) is 5.97 Å². The Balaban J connectivity index is 2.17. The van der Waals surface area contributed by atoms with Gasteiger partial charge in [-0.25, -0.2) is 9.48 Å². The van der Waals surface area contributed by atoms with Gasteiger partial charge in [-0.2, -0.15) is 5.10 Å². The van der Waals surface area contributed by atoms with Crippen molar-refractivity contribution in [3.05, 3.63) is 53.1 Å². The number of aryl methyl sites for hydroxylation is 2. The van der Waals surface area contributed by atoms with Crippen molar-refractivity contribution in [3.63, 3.8) is 0 Å². The number of aromatic nitrogens is 3. The molecule has 0 aromatic carbocycles. The third-order valence-electron chi connectivity index (χ3n) is 3.48. The maximum Gasteiger partial charge on any atom is 0.335 e. The number of nitrogens with zero attached hydrogens (tertiary/aromatic N) is 3. The van der Waals surface area contributed by atoms with Crippen LogP contribution in [0.1, 0.15) is 37.1 Å². The lowest BCUT2D eigenvalue weighted by molar-refractivity contribution is -0.138. The average molecular weight is 328 g/mol. The van der Waals surface area contributed by atoms with Crippen molar-refractivity contribution >= 4 is 11.8 Å². The Morgan fingerprint density at radius 1 is 1.29 bits per heavy atom. The fraction of sp³-hybridized carbons (Fsp3) is 0.389. The van der Waals surface area contributed by atoms with Crippen LogP contribution in [0.25, 0.3) is 0 Å². The van der Waals surface area contributed by atoms with E-state index in [9.17, 15) is 4.79 Å².